The van der Waals surface area contributed by atoms with E-state index in [1.165, 1.54) is 12.5 Å². The Labute approximate surface area is 163 Å². The molecule has 1 aliphatic carbocycles. The fourth-order valence-corrected chi connectivity index (χ4v) is 4.44. The van der Waals surface area contributed by atoms with E-state index in [4.69, 9.17) is 17.2 Å². The van der Waals surface area contributed by atoms with Gasteiger partial charge in [0.15, 0.2) is 0 Å². The molecule has 1 fully saturated rings. The minimum Gasteiger partial charge on any atom is -0.545 e. The Morgan fingerprint density at radius 3 is 2.52 bits per heavy atom. The second kappa shape index (κ2) is 7.12. The molecule has 6 heteroatoms. The Balaban J connectivity index is 1.75. The predicted molar refractivity (Wildman–Crippen MR) is 109 cm³/mol. The Bertz CT molecular complexity index is 905. The highest BCUT2D eigenvalue weighted by molar-refractivity contribution is 7.80. The number of hydrogen-bond donors (Lipinski definition) is 1. The summed E-state index contributed by atoms with van der Waals surface area (Å²) < 4.78 is 0. The van der Waals surface area contributed by atoms with Crippen LogP contribution < -0.4 is 15.3 Å². The number of thiocarbonyl (C=S) groups is 1. The van der Waals surface area contributed by atoms with Crippen molar-refractivity contribution in [3.63, 3.8) is 0 Å². The molecule has 1 aliphatic heterocycles. The van der Waals surface area contributed by atoms with Gasteiger partial charge < -0.3 is 20.1 Å². The van der Waals surface area contributed by atoms with Gasteiger partial charge in [0.05, 0.1) is 5.97 Å². The second-order valence-electron chi connectivity index (χ2n) is 7.00. The van der Waals surface area contributed by atoms with Crippen LogP contribution >= 0.6 is 12.2 Å². The maximum atomic E-state index is 11.3. The number of nitrogens with one attached hydrogen (secondary N) is 1. The third-order valence-electron chi connectivity index (χ3n) is 5.32. The molecule has 0 aromatic heterocycles. The third-order valence-corrected chi connectivity index (χ3v) is 5.60. The zero-order valence-electron chi connectivity index (χ0n) is 14.9. The average molecular weight is 378 g/mol. The molecule has 4 rings (SSSR count). The number of aliphatic imine (C=N–C) groups is 1. The highest BCUT2D eigenvalue weighted by Crippen LogP contribution is 2.42. The van der Waals surface area contributed by atoms with E-state index in [-0.39, 0.29) is 11.1 Å². The summed E-state index contributed by atoms with van der Waals surface area (Å²) in [7, 11) is 0. The van der Waals surface area contributed by atoms with E-state index in [0.29, 0.717) is 5.11 Å². The van der Waals surface area contributed by atoms with Gasteiger partial charge in [-0.3, -0.25) is 0 Å². The topological polar surface area (TPSA) is 67.8 Å². The van der Waals surface area contributed by atoms with E-state index < -0.39 is 5.97 Å². The van der Waals surface area contributed by atoms with Gasteiger partial charge in [-0.1, -0.05) is 49.6 Å². The molecule has 1 heterocycles. The molecule has 2 aromatic rings. The highest BCUT2D eigenvalue weighted by atomic mass is 32.1. The number of benzene rings is 2. The van der Waals surface area contributed by atoms with E-state index in [9.17, 15) is 9.90 Å². The number of para-hydroxylation sites is 1. The van der Waals surface area contributed by atoms with Crippen molar-refractivity contribution in [1.29, 1.82) is 0 Å². The Hall–Kier alpha value is -2.73. The van der Waals surface area contributed by atoms with Gasteiger partial charge in [-0.2, -0.15) is 0 Å². The van der Waals surface area contributed by atoms with Crippen LogP contribution in [-0.4, -0.2) is 22.5 Å². The number of carboxylic acids is 1. The minimum absolute atomic E-state index is 0.144. The zero-order valence-corrected chi connectivity index (χ0v) is 15.7. The van der Waals surface area contributed by atoms with E-state index in [2.05, 4.69) is 5.32 Å². The fraction of sp³-hybridized carbons (Fsp3) is 0.286. The Morgan fingerprint density at radius 1 is 1.07 bits per heavy atom. The summed E-state index contributed by atoms with van der Waals surface area (Å²) >= 11 is 5.61. The van der Waals surface area contributed by atoms with Gasteiger partial charge in [-0.15, -0.1) is 0 Å². The Kier molecular flexibility index (Phi) is 4.66. The lowest BCUT2D eigenvalue weighted by molar-refractivity contribution is -0.255. The SMILES string of the molecule is O=C([O-])c1cccc(N2C(=S)N=C(Nc3ccccc3)C23CCCCC3)c1. The molecular weight excluding hydrogens is 358 g/mol. The minimum atomic E-state index is -1.19. The molecule has 0 saturated heterocycles. The number of rotatable bonds is 3. The quantitative estimate of drug-likeness (QED) is 0.830. The molecule has 1 spiro atoms. The van der Waals surface area contributed by atoms with Crippen molar-refractivity contribution in [2.45, 2.75) is 37.6 Å². The van der Waals surface area contributed by atoms with Crippen LogP contribution in [0.5, 0.6) is 0 Å². The molecule has 0 amide bonds. The lowest BCUT2D eigenvalue weighted by Crippen LogP contribution is -2.55. The lowest BCUT2D eigenvalue weighted by Gasteiger charge is -2.43. The maximum absolute atomic E-state index is 11.3. The summed E-state index contributed by atoms with van der Waals surface area (Å²) in [5, 5.41) is 15.2. The standard InChI is InChI=1S/C21H21N3O2S/c25-18(26)15-8-7-11-17(14-15)24-20(27)23-19(21(24)12-5-2-6-13-21)22-16-9-3-1-4-10-16/h1,3-4,7-11,14H,2,5-6,12-13H2,(H,25,26)(H,22,23,27)/p-1. The molecule has 138 valence electrons. The summed E-state index contributed by atoms with van der Waals surface area (Å²) in [5.41, 5.74) is 1.49. The van der Waals surface area contributed by atoms with Crippen molar-refractivity contribution in [3.8, 4) is 0 Å². The van der Waals surface area contributed by atoms with Crippen molar-refractivity contribution < 1.29 is 9.90 Å². The summed E-state index contributed by atoms with van der Waals surface area (Å²) in [5.74, 6) is -0.347. The van der Waals surface area contributed by atoms with Crippen LogP contribution in [0.15, 0.2) is 59.6 Å². The van der Waals surface area contributed by atoms with Crippen molar-refractivity contribution in [2.75, 3.05) is 10.2 Å². The number of amidine groups is 1. The molecule has 2 aliphatic rings. The van der Waals surface area contributed by atoms with E-state index in [1.54, 1.807) is 12.1 Å². The zero-order chi connectivity index (χ0) is 18.9. The van der Waals surface area contributed by atoms with Crippen molar-refractivity contribution >= 4 is 40.5 Å². The number of carbonyl (C=O) groups is 1. The van der Waals surface area contributed by atoms with Gasteiger partial charge in [0.1, 0.15) is 11.4 Å². The molecule has 27 heavy (non-hydrogen) atoms. The normalized spacial score (nSPS) is 18.4. The fourth-order valence-electron chi connectivity index (χ4n) is 4.07. The molecule has 1 N–H and O–H groups in total. The van der Waals surface area contributed by atoms with Gasteiger partial charge in [-0.05, 0) is 54.9 Å². The maximum Gasteiger partial charge on any atom is 0.202 e. The van der Waals surface area contributed by atoms with Crippen LogP contribution in [0.4, 0.5) is 11.4 Å². The number of aromatic carboxylic acids is 1. The summed E-state index contributed by atoms with van der Waals surface area (Å²) in [6.07, 6.45) is 5.17. The van der Waals surface area contributed by atoms with Crippen LogP contribution in [0, 0.1) is 0 Å². The highest BCUT2D eigenvalue weighted by Gasteiger charge is 2.49. The number of hydrogen-bond acceptors (Lipinski definition) is 4. The van der Waals surface area contributed by atoms with E-state index in [0.717, 1.165) is 42.9 Å². The number of carboxylic acid groups (broad SMARTS) is 1. The van der Waals surface area contributed by atoms with Gasteiger partial charge in [0.25, 0.3) is 0 Å². The molecule has 0 atom stereocenters. The lowest BCUT2D eigenvalue weighted by atomic mass is 9.79. The second-order valence-corrected chi connectivity index (χ2v) is 7.36. The number of anilines is 2. The van der Waals surface area contributed by atoms with Crippen molar-refractivity contribution in [1.82, 2.24) is 0 Å². The molecule has 0 unspecified atom stereocenters. The first-order chi connectivity index (χ1) is 13.1. The van der Waals surface area contributed by atoms with Gasteiger partial charge in [0.2, 0.25) is 5.11 Å². The van der Waals surface area contributed by atoms with E-state index in [1.807, 2.05) is 41.3 Å². The molecule has 0 radical (unpaired) electrons. The molecule has 0 bridgehead atoms. The summed E-state index contributed by atoms with van der Waals surface area (Å²) in [6, 6.07) is 16.7. The Morgan fingerprint density at radius 2 is 1.81 bits per heavy atom. The largest absolute Gasteiger partial charge is 0.545 e. The first kappa shape index (κ1) is 17.7. The van der Waals surface area contributed by atoms with Crippen LogP contribution in [0.25, 0.3) is 0 Å². The molecule has 1 saturated carbocycles. The van der Waals surface area contributed by atoms with Gasteiger partial charge >= 0.3 is 0 Å². The summed E-state index contributed by atoms with van der Waals surface area (Å²) in [6.45, 7) is 0. The van der Waals surface area contributed by atoms with Crippen LogP contribution in [0.1, 0.15) is 42.5 Å². The first-order valence-electron chi connectivity index (χ1n) is 9.17. The van der Waals surface area contributed by atoms with Crippen molar-refractivity contribution in [2.24, 2.45) is 4.99 Å². The molecule has 5 nitrogen and oxygen atoms in total. The van der Waals surface area contributed by atoms with E-state index >= 15 is 0 Å². The van der Waals surface area contributed by atoms with Crippen LogP contribution in [-0.2, 0) is 0 Å². The predicted octanol–water partition coefficient (Wildman–Crippen LogP) is 3.37. The average Bonchev–Trinajstić information content (AvgIpc) is 2.94. The first-order valence-corrected chi connectivity index (χ1v) is 9.58. The smallest absolute Gasteiger partial charge is 0.202 e. The summed E-state index contributed by atoms with van der Waals surface area (Å²) in [4.78, 5) is 18.0. The third kappa shape index (κ3) is 3.21. The molecule has 2 aromatic carbocycles. The number of carbonyl (C=O) groups excluding carboxylic acids is 1. The molecular formula is C21H20N3O2S-. The van der Waals surface area contributed by atoms with Gasteiger partial charge in [0, 0.05) is 11.4 Å². The van der Waals surface area contributed by atoms with Crippen molar-refractivity contribution in [3.05, 3.63) is 60.2 Å². The monoisotopic (exact) mass is 378 g/mol. The van der Waals surface area contributed by atoms with Crippen LogP contribution in [0.3, 0.4) is 0 Å². The van der Waals surface area contributed by atoms with Gasteiger partial charge in [-0.25, -0.2) is 4.99 Å². The van der Waals surface area contributed by atoms with Crippen LogP contribution in [0.2, 0.25) is 0 Å². The number of nitrogens with zero attached hydrogens (tertiary/aromatic N) is 2.